The number of benzene rings is 2. The van der Waals surface area contributed by atoms with Gasteiger partial charge in [0.05, 0.1) is 29.5 Å². The third-order valence-electron chi connectivity index (χ3n) is 6.55. The van der Waals surface area contributed by atoms with Crippen LogP contribution in [-0.2, 0) is 29.4 Å². The topological polar surface area (TPSA) is 109 Å². The summed E-state index contributed by atoms with van der Waals surface area (Å²) >= 11 is 0. The molecule has 1 fully saturated rings. The number of anilines is 1. The largest absolute Gasteiger partial charge is 0.380 e. The molecule has 0 radical (unpaired) electrons. The lowest BCUT2D eigenvalue weighted by Crippen LogP contribution is -2.30. The smallest absolute Gasteiger partial charge is 0.320 e. The maximum absolute atomic E-state index is 13.0. The third kappa shape index (κ3) is 4.69. The first kappa shape index (κ1) is 22.9. The molecule has 9 heteroatoms. The van der Waals surface area contributed by atoms with Gasteiger partial charge in [-0.15, -0.1) is 0 Å². The van der Waals surface area contributed by atoms with Gasteiger partial charge in [-0.2, -0.15) is 15.7 Å². The number of carbonyl (C=O) groups is 1. The summed E-state index contributed by atoms with van der Waals surface area (Å²) in [5.41, 5.74) is 5.55. The molecule has 4 N–H and O–H groups in total. The molecule has 3 aromatic rings. The number of amides is 2. The SMILES string of the molecule is COCc1ccc(C2CCC2)c(CNC(=O)Nc2c3c(nn2-c2ccccc2)CS(O)(O)C3)c1. The number of urea groups is 1. The van der Waals surface area contributed by atoms with Crippen molar-refractivity contribution in [1.29, 1.82) is 0 Å². The van der Waals surface area contributed by atoms with Crippen molar-refractivity contribution in [2.24, 2.45) is 0 Å². The highest BCUT2D eigenvalue weighted by Crippen LogP contribution is 2.54. The van der Waals surface area contributed by atoms with E-state index >= 15 is 0 Å². The highest BCUT2D eigenvalue weighted by atomic mass is 32.3. The second kappa shape index (κ2) is 9.42. The van der Waals surface area contributed by atoms with Crippen LogP contribution in [0.2, 0.25) is 0 Å². The summed E-state index contributed by atoms with van der Waals surface area (Å²) in [6.07, 6.45) is 3.60. The van der Waals surface area contributed by atoms with Crippen molar-refractivity contribution in [2.45, 2.75) is 49.8 Å². The van der Waals surface area contributed by atoms with Gasteiger partial charge in [0.25, 0.3) is 0 Å². The van der Waals surface area contributed by atoms with E-state index < -0.39 is 10.6 Å². The minimum Gasteiger partial charge on any atom is -0.380 e. The Morgan fingerprint density at radius 2 is 1.97 bits per heavy atom. The Hall–Kier alpha value is -2.85. The first-order valence-corrected chi connectivity index (χ1v) is 13.4. The van der Waals surface area contributed by atoms with Crippen LogP contribution in [0.4, 0.5) is 10.6 Å². The van der Waals surface area contributed by atoms with Crippen molar-refractivity contribution >= 4 is 22.4 Å². The Bertz CT molecular complexity index is 1190. The molecule has 0 bridgehead atoms. The number of methoxy groups -OCH3 is 1. The van der Waals surface area contributed by atoms with Gasteiger partial charge in [-0.1, -0.05) is 42.8 Å². The van der Waals surface area contributed by atoms with Crippen LogP contribution < -0.4 is 10.6 Å². The number of hydrogen-bond donors (Lipinski definition) is 4. The molecule has 0 saturated heterocycles. The Morgan fingerprint density at radius 1 is 1.18 bits per heavy atom. The minimum atomic E-state index is -2.76. The molecule has 1 aliphatic carbocycles. The average molecular weight is 483 g/mol. The van der Waals surface area contributed by atoms with E-state index in [0.29, 0.717) is 36.1 Å². The van der Waals surface area contributed by atoms with E-state index in [1.54, 1.807) is 11.8 Å². The van der Waals surface area contributed by atoms with Crippen LogP contribution in [0.25, 0.3) is 5.69 Å². The Balaban J connectivity index is 1.36. The lowest BCUT2D eigenvalue weighted by atomic mass is 9.78. The van der Waals surface area contributed by atoms with Gasteiger partial charge in [0.2, 0.25) is 0 Å². The van der Waals surface area contributed by atoms with Crippen molar-refractivity contribution in [1.82, 2.24) is 15.1 Å². The van der Waals surface area contributed by atoms with Crippen LogP contribution in [0.1, 0.15) is 53.1 Å². The first-order valence-electron chi connectivity index (χ1n) is 11.5. The number of rotatable bonds is 7. The van der Waals surface area contributed by atoms with Crippen LogP contribution in [-0.4, -0.2) is 32.0 Å². The normalized spacial score (nSPS) is 17.6. The van der Waals surface area contributed by atoms with Crippen molar-refractivity contribution in [3.05, 3.63) is 76.5 Å². The summed E-state index contributed by atoms with van der Waals surface area (Å²) < 4.78 is 27.4. The molecule has 34 heavy (non-hydrogen) atoms. The van der Waals surface area contributed by atoms with Gasteiger partial charge in [0, 0.05) is 19.2 Å². The molecule has 1 saturated carbocycles. The van der Waals surface area contributed by atoms with Crippen LogP contribution in [0.3, 0.4) is 0 Å². The predicted molar refractivity (Wildman–Crippen MR) is 133 cm³/mol. The Kier molecular flexibility index (Phi) is 6.35. The second-order valence-electron chi connectivity index (χ2n) is 9.01. The fourth-order valence-electron chi connectivity index (χ4n) is 4.66. The Labute approximate surface area is 200 Å². The third-order valence-corrected chi connectivity index (χ3v) is 8.03. The van der Waals surface area contributed by atoms with Crippen LogP contribution in [0.5, 0.6) is 0 Å². The minimum absolute atomic E-state index is 0.0929. The number of aromatic nitrogens is 2. The van der Waals surface area contributed by atoms with E-state index in [0.717, 1.165) is 16.8 Å². The highest BCUT2D eigenvalue weighted by Gasteiger charge is 2.33. The maximum atomic E-state index is 13.0. The number of para-hydroxylation sites is 1. The maximum Gasteiger partial charge on any atom is 0.320 e. The fraction of sp³-hybridized carbons (Fsp3) is 0.360. The Morgan fingerprint density at radius 3 is 2.68 bits per heavy atom. The zero-order valence-corrected chi connectivity index (χ0v) is 20.0. The molecule has 0 spiro atoms. The fourth-order valence-corrected chi connectivity index (χ4v) is 6.20. The quantitative estimate of drug-likeness (QED) is 0.362. The van der Waals surface area contributed by atoms with E-state index in [-0.39, 0.29) is 17.5 Å². The van der Waals surface area contributed by atoms with Gasteiger partial charge in [0.1, 0.15) is 5.82 Å². The van der Waals surface area contributed by atoms with Crippen LogP contribution in [0, 0.1) is 0 Å². The molecular weight excluding hydrogens is 452 g/mol. The molecule has 5 rings (SSSR count). The summed E-state index contributed by atoms with van der Waals surface area (Å²) in [5, 5.41) is 10.5. The first-order chi connectivity index (χ1) is 16.4. The molecule has 2 heterocycles. The molecule has 1 aliphatic heterocycles. The molecule has 2 aromatic carbocycles. The van der Waals surface area contributed by atoms with Gasteiger partial charge >= 0.3 is 6.03 Å². The predicted octanol–water partition coefficient (Wildman–Crippen LogP) is 5.37. The molecule has 8 nitrogen and oxygen atoms in total. The van der Waals surface area contributed by atoms with E-state index in [2.05, 4.69) is 33.9 Å². The summed E-state index contributed by atoms with van der Waals surface area (Å²) in [6.45, 7) is 0.922. The second-order valence-corrected chi connectivity index (χ2v) is 11.2. The van der Waals surface area contributed by atoms with Gasteiger partial charge in [-0.25, -0.2) is 9.48 Å². The zero-order chi connectivity index (χ0) is 23.7. The number of nitrogens with one attached hydrogen (secondary N) is 2. The molecule has 0 atom stereocenters. The zero-order valence-electron chi connectivity index (χ0n) is 19.2. The molecular formula is C25H30N4O4S. The molecule has 0 unspecified atom stereocenters. The summed E-state index contributed by atoms with van der Waals surface area (Å²) in [7, 11) is -1.08. The summed E-state index contributed by atoms with van der Waals surface area (Å²) in [6, 6.07) is 15.5. The summed E-state index contributed by atoms with van der Waals surface area (Å²) in [5.74, 6) is 1.22. The van der Waals surface area contributed by atoms with E-state index in [1.807, 2.05) is 30.3 Å². The van der Waals surface area contributed by atoms with Crippen LogP contribution >= 0.6 is 10.6 Å². The van der Waals surface area contributed by atoms with Gasteiger partial charge in [0.15, 0.2) is 0 Å². The number of carbonyl (C=O) groups excluding carboxylic acids is 1. The number of hydrogen-bond acceptors (Lipinski definition) is 5. The highest BCUT2D eigenvalue weighted by molar-refractivity contribution is 8.23. The van der Waals surface area contributed by atoms with Crippen molar-refractivity contribution < 1.29 is 18.6 Å². The van der Waals surface area contributed by atoms with Gasteiger partial charge in [-0.3, -0.25) is 14.4 Å². The molecule has 180 valence electrons. The average Bonchev–Trinajstić information content (AvgIpc) is 3.25. The van der Waals surface area contributed by atoms with E-state index in [9.17, 15) is 13.9 Å². The molecule has 2 aliphatic rings. The van der Waals surface area contributed by atoms with Crippen LogP contribution in [0.15, 0.2) is 48.5 Å². The van der Waals surface area contributed by atoms with E-state index in [1.165, 1.54) is 24.8 Å². The standard InChI is InChI=1S/C25H30N4O4S/c1-33-14-17-10-11-21(18-6-5-7-18)19(12-17)13-26-25(30)27-24-22-15-34(31,32)16-23(22)28-29(24)20-8-3-2-4-9-20/h2-4,8-12,18,31-32H,5-7,13-16H2,1H3,(H2,26,27,30). The molecule has 2 amide bonds. The van der Waals surface area contributed by atoms with E-state index in [4.69, 9.17) is 4.74 Å². The van der Waals surface area contributed by atoms with Crippen molar-refractivity contribution in [3.8, 4) is 5.69 Å². The number of nitrogens with zero attached hydrogens (tertiary/aromatic N) is 2. The van der Waals surface area contributed by atoms with Crippen molar-refractivity contribution in [3.63, 3.8) is 0 Å². The molecule has 1 aromatic heterocycles. The lowest BCUT2D eigenvalue weighted by molar-refractivity contribution is 0.185. The monoisotopic (exact) mass is 482 g/mol. The number of ether oxygens (including phenoxy) is 1. The van der Waals surface area contributed by atoms with Gasteiger partial charge < -0.3 is 10.1 Å². The van der Waals surface area contributed by atoms with Crippen molar-refractivity contribution in [2.75, 3.05) is 12.4 Å². The lowest BCUT2D eigenvalue weighted by Gasteiger charge is -2.28. The number of fused-ring (bicyclic) bond motifs is 1. The summed E-state index contributed by atoms with van der Waals surface area (Å²) in [4.78, 5) is 13.0. The van der Waals surface area contributed by atoms with Gasteiger partial charge in [-0.05, 0) is 47.6 Å².